The largest absolute Gasteiger partial charge is 0.465 e. The van der Waals surface area contributed by atoms with Gasteiger partial charge in [0.15, 0.2) is 5.41 Å². The van der Waals surface area contributed by atoms with E-state index in [0.29, 0.717) is 12.8 Å². The van der Waals surface area contributed by atoms with Crippen LogP contribution in [0, 0.1) is 17.3 Å². The van der Waals surface area contributed by atoms with Crippen molar-refractivity contribution in [1.29, 1.82) is 0 Å². The zero-order chi connectivity index (χ0) is 13.8. The number of rotatable bonds is 5. The van der Waals surface area contributed by atoms with Crippen LogP contribution in [0.15, 0.2) is 0 Å². The van der Waals surface area contributed by atoms with Gasteiger partial charge in [0.25, 0.3) is 0 Å². The lowest BCUT2D eigenvalue weighted by molar-refractivity contribution is -0.172. The van der Waals surface area contributed by atoms with Crippen molar-refractivity contribution in [2.24, 2.45) is 17.3 Å². The molecule has 5 heteroatoms. The van der Waals surface area contributed by atoms with Crippen LogP contribution >= 0.6 is 0 Å². The molecule has 0 saturated heterocycles. The quantitative estimate of drug-likeness (QED) is 0.591. The maximum absolute atomic E-state index is 12.1. The van der Waals surface area contributed by atoms with Gasteiger partial charge in [-0.1, -0.05) is 6.92 Å². The molecule has 0 aliphatic heterocycles. The van der Waals surface area contributed by atoms with E-state index in [0.717, 1.165) is 0 Å². The normalized spacial score (nSPS) is 25.8. The molecule has 0 aromatic carbocycles. The van der Waals surface area contributed by atoms with Crippen molar-refractivity contribution < 1.29 is 24.2 Å². The van der Waals surface area contributed by atoms with E-state index in [1.54, 1.807) is 13.8 Å². The van der Waals surface area contributed by atoms with Gasteiger partial charge in [-0.3, -0.25) is 9.59 Å². The second kappa shape index (κ2) is 6.18. The fraction of sp³-hybridized carbons (Fsp3) is 0.846. The summed E-state index contributed by atoms with van der Waals surface area (Å²) in [4.78, 5) is 24.2. The Balaban J connectivity index is 2.96. The molecule has 0 bridgehead atoms. The molecule has 0 heterocycles. The van der Waals surface area contributed by atoms with Crippen molar-refractivity contribution >= 4 is 11.9 Å². The molecule has 0 amide bonds. The highest BCUT2D eigenvalue weighted by Gasteiger charge is 2.56. The van der Waals surface area contributed by atoms with Gasteiger partial charge in [0.1, 0.15) is 0 Å². The Kier molecular flexibility index (Phi) is 5.14. The third kappa shape index (κ3) is 2.66. The Bertz CT molecular complexity index is 295. The molecule has 0 spiro atoms. The molecule has 1 N–H and O–H groups in total. The minimum atomic E-state index is -1.22. The van der Waals surface area contributed by atoms with Crippen LogP contribution in [-0.4, -0.2) is 36.9 Å². The van der Waals surface area contributed by atoms with Crippen LogP contribution in [0.25, 0.3) is 0 Å². The SMILES string of the molecule is CCOC(=O)C1(C(=O)OCC)CC(C)C(CO)C1. The lowest BCUT2D eigenvalue weighted by Crippen LogP contribution is -2.40. The summed E-state index contributed by atoms with van der Waals surface area (Å²) in [7, 11) is 0. The van der Waals surface area contributed by atoms with E-state index < -0.39 is 17.4 Å². The lowest BCUT2D eigenvalue weighted by atomic mass is 9.85. The summed E-state index contributed by atoms with van der Waals surface area (Å²) < 4.78 is 10.0. The fourth-order valence-corrected chi connectivity index (χ4v) is 2.65. The van der Waals surface area contributed by atoms with Gasteiger partial charge < -0.3 is 14.6 Å². The molecular weight excluding hydrogens is 236 g/mol. The van der Waals surface area contributed by atoms with E-state index in [-0.39, 0.29) is 31.7 Å². The summed E-state index contributed by atoms with van der Waals surface area (Å²) in [6.45, 7) is 5.79. The number of carbonyl (C=O) groups is 2. The van der Waals surface area contributed by atoms with Gasteiger partial charge in [0.2, 0.25) is 0 Å². The first-order chi connectivity index (χ1) is 8.51. The number of carbonyl (C=O) groups excluding carboxylic acids is 2. The Morgan fingerprint density at radius 2 is 1.67 bits per heavy atom. The molecule has 18 heavy (non-hydrogen) atoms. The van der Waals surface area contributed by atoms with Gasteiger partial charge in [0, 0.05) is 6.61 Å². The van der Waals surface area contributed by atoms with Gasteiger partial charge in [-0.15, -0.1) is 0 Å². The summed E-state index contributed by atoms with van der Waals surface area (Å²) in [5.41, 5.74) is -1.22. The highest BCUT2D eigenvalue weighted by molar-refractivity contribution is 6.00. The second-order valence-electron chi connectivity index (χ2n) is 4.85. The molecule has 1 rings (SSSR count). The number of hydrogen-bond acceptors (Lipinski definition) is 5. The summed E-state index contributed by atoms with van der Waals surface area (Å²) >= 11 is 0. The van der Waals surface area contributed by atoms with Gasteiger partial charge in [0.05, 0.1) is 13.2 Å². The third-order valence-electron chi connectivity index (χ3n) is 3.65. The van der Waals surface area contributed by atoms with E-state index in [1.165, 1.54) is 0 Å². The summed E-state index contributed by atoms with van der Waals surface area (Å²) in [5.74, 6) is -1.000. The molecule has 1 fully saturated rings. The molecule has 2 atom stereocenters. The average Bonchev–Trinajstić information content (AvgIpc) is 2.68. The van der Waals surface area contributed by atoms with Gasteiger partial charge >= 0.3 is 11.9 Å². The van der Waals surface area contributed by atoms with E-state index in [2.05, 4.69) is 0 Å². The van der Waals surface area contributed by atoms with Crippen molar-refractivity contribution in [3.05, 3.63) is 0 Å². The van der Waals surface area contributed by atoms with Crippen LogP contribution in [0.2, 0.25) is 0 Å². The molecule has 5 nitrogen and oxygen atoms in total. The van der Waals surface area contributed by atoms with E-state index in [9.17, 15) is 14.7 Å². The van der Waals surface area contributed by atoms with Gasteiger partial charge in [-0.2, -0.15) is 0 Å². The lowest BCUT2D eigenvalue weighted by Gasteiger charge is -2.24. The molecule has 0 radical (unpaired) electrons. The van der Waals surface area contributed by atoms with Crippen molar-refractivity contribution in [2.75, 3.05) is 19.8 Å². The first-order valence-electron chi connectivity index (χ1n) is 6.47. The van der Waals surface area contributed by atoms with Crippen LogP contribution in [-0.2, 0) is 19.1 Å². The number of esters is 2. The van der Waals surface area contributed by atoms with Crippen LogP contribution in [0.3, 0.4) is 0 Å². The highest BCUT2D eigenvalue weighted by Crippen LogP contribution is 2.47. The molecule has 1 saturated carbocycles. The average molecular weight is 258 g/mol. The van der Waals surface area contributed by atoms with E-state index >= 15 is 0 Å². The second-order valence-corrected chi connectivity index (χ2v) is 4.85. The molecule has 104 valence electrons. The smallest absolute Gasteiger partial charge is 0.323 e. The monoisotopic (exact) mass is 258 g/mol. The first kappa shape index (κ1) is 15.0. The summed E-state index contributed by atoms with van der Waals surface area (Å²) in [6.07, 6.45) is 0.693. The van der Waals surface area contributed by atoms with Crippen molar-refractivity contribution in [2.45, 2.75) is 33.6 Å². The highest BCUT2D eigenvalue weighted by atomic mass is 16.6. The van der Waals surface area contributed by atoms with Crippen molar-refractivity contribution in [3.63, 3.8) is 0 Å². The Morgan fingerprint density at radius 1 is 1.17 bits per heavy atom. The Labute approximate surface area is 107 Å². The minimum Gasteiger partial charge on any atom is -0.465 e. The van der Waals surface area contributed by atoms with Crippen molar-refractivity contribution in [1.82, 2.24) is 0 Å². The zero-order valence-corrected chi connectivity index (χ0v) is 11.3. The first-order valence-corrected chi connectivity index (χ1v) is 6.47. The van der Waals surface area contributed by atoms with Crippen LogP contribution in [0.1, 0.15) is 33.6 Å². The van der Waals surface area contributed by atoms with Crippen molar-refractivity contribution in [3.8, 4) is 0 Å². The standard InChI is InChI=1S/C13H22O5/c1-4-17-11(15)13(12(16)18-5-2)6-9(3)10(7-13)8-14/h9-10,14H,4-8H2,1-3H3. The molecule has 0 aromatic heterocycles. The number of aliphatic hydroxyl groups excluding tert-OH is 1. The summed E-state index contributed by atoms with van der Waals surface area (Å²) in [6, 6.07) is 0. The Hall–Kier alpha value is -1.10. The zero-order valence-electron chi connectivity index (χ0n) is 11.3. The van der Waals surface area contributed by atoms with Crippen LogP contribution in [0.4, 0.5) is 0 Å². The number of aliphatic hydroxyl groups is 1. The molecular formula is C13H22O5. The Morgan fingerprint density at radius 3 is 2.00 bits per heavy atom. The van der Waals surface area contributed by atoms with E-state index in [4.69, 9.17) is 9.47 Å². The number of hydrogen-bond donors (Lipinski definition) is 1. The number of ether oxygens (including phenoxy) is 2. The predicted molar refractivity (Wildman–Crippen MR) is 64.7 cm³/mol. The fourth-order valence-electron chi connectivity index (χ4n) is 2.65. The third-order valence-corrected chi connectivity index (χ3v) is 3.65. The van der Waals surface area contributed by atoms with Crippen LogP contribution < -0.4 is 0 Å². The van der Waals surface area contributed by atoms with Gasteiger partial charge in [-0.05, 0) is 38.5 Å². The van der Waals surface area contributed by atoms with Crippen LogP contribution in [0.5, 0.6) is 0 Å². The summed E-state index contributed by atoms with van der Waals surface area (Å²) in [5, 5.41) is 9.29. The molecule has 1 aliphatic rings. The molecule has 0 aromatic rings. The maximum atomic E-state index is 12.1. The van der Waals surface area contributed by atoms with Gasteiger partial charge in [-0.25, -0.2) is 0 Å². The molecule has 1 aliphatic carbocycles. The molecule has 2 unspecified atom stereocenters. The van der Waals surface area contributed by atoms with E-state index in [1.807, 2.05) is 6.92 Å². The topological polar surface area (TPSA) is 72.8 Å². The minimum absolute atomic E-state index is 0.0261. The maximum Gasteiger partial charge on any atom is 0.323 e. The predicted octanol–water partition coefficient (Wildman–Crippen LogP) is 1.14.